The van der Waals surface area contributed by atoms with Gasteiger partial charge in [-0.1, -0.05) is 31.5 Å². The summed E-state index contributed by atoms with van der Waals surface area (Å²) < 4.78 is 23.4. The molecule has 0 bridgehead atoms. The maximum absolute atomic E-state index is 11.7. The molecular formula is C16H26N2O2S. The Balaban J connectivity index is 2.21. The van der Waals surface area contributed by atoms with E-state index in [1.807, 2.05) is 7.05 Å². The zero-order chi connectivity index (χ0) is 15.6. The number of hydrogen-bond donors (Lipinski definition) is 1. The summed E-state index contributed by atoms with van der Waals surface area (Å²) >= 11 is 0. The fraction of sp³-hybridized carbons (Fsp3) is 0.625. The van der Waals surface area contributed by atoms with E-state index in [0.29, 0.717) is 11.8 Å². The van der Waals surface area contributed by atoms with Crippen molar-refractivity contribution in [2.75, 3.05) is 23.5 Å². The van der Waals surface area contributed by atoms with E-state index in [1.54, 1.807) is 0 Å². The third-order valence-electron chi connectivity index (χ3n) is 4.07. The van der Waals surface area contributed by atoms with E-state index in [-0.39, 0.29) is 11.8 Å². The highest BCUT2D eigenvalue weighted by molar-refractivity contribution is 7.91. The van der Waals surface area contributed by atoms with Gasteiger partial charge < -0.3 is 10.2 Å². The van der Waals surface area contributed by atoms with E-state index in [2.05, 4.69) is 49.2 Å². The van der Waals surface area contributed by atoms with Crippen molar-refractivity contribution >= 4 is 15.5 Å². The predicted molar refractivity (Wildman–Crippen MR) is 88.6 cm³/mol. The molecule has 0 radical (unpaired) electrons. The van der Waals surface area contributed by atoms with Crippen LogP contribution in [0.4, 0.5) is 5.69 Å². The molecule has 1 aliphatic heterocycles. The summed E-state index contributed by atoms with van der Waals surface area (Å²) in [7, 11) is -0.844. The monoisotopic (exact) mass is 310 g/mol. The summed E-state index contributed by atoms with van der Waals surface area (Å²) in [6, 6.07) is 6.90. The Kier molecular flexibility index (Phi) is 4.94. The van der Waals surface area contributed by atoms with E-state index in [0.717, 1.165) is 18.7 Å². The number of hydrogen-bond acceptors (Lipinski definition) is 4. The van der Waals surface area contributed by atoms with Crippen LogP contribution in [0.25, 0.3) is 0 Å². The van der Waals surface area contributed by atoms with Gasteiger partial charge in [0.25, 0.3) is 0 Å². The quantitative estimate of drug-likeness (QED) is 0.905. The van der Waals surface area contributed by atoms with Gasteiger partial charge in [0.05, 0.1) is 11.5 Å². The van der Waals surface area contributed by atoms with Gasteiger partial charge in [0, 0.05) is 31.4 Å². The van der Waals surface area contributed by atoms with Crippen molar-refractivity contribution in [2.24, 2.45) is 0 Å². The molecule has 1 aromatic rings. The molecule has 5 heteroatoms. The summed E-state index contributed by atoms with van der Waals surface area (Å²) in [5.41, 5.74) is 3.60. The SMILES string of the molecule is Cc1ccc(N(C)C2CCS(=O)(=O)C2)c(CNC(C)C)c1. The fourth-order valence-corrected chi connectivity index (χ4v) is 4.57. The Hall–Kier alpha value is -1.07. The highest BCUT2D eigenvalue weighted by Gasteiger charge is 2.31. The van der Waals surface area contributed by atoms with Crippen molar-refractivity contribution in [1.29, 1.82) is 0 Å². The first-order valence-corrected chi connectivity index (χ1v) is 9.37. The van der Waals surface area contributed by atoms with Gasteiger partial charge in [-0.05, 0) is 25.0 Å². The Morgan fingerprint density at radius 1 is 1.38 bits per heavy atom. The zero-order valence-electron chi connectivity index (χ0n) is 13.4. The lowest BCUT2D eigenvalue weighted by Gasteiger charge is -2.28. The van der Waals surface area contributed by atoms with Crippen molar-refractivity contribution in [3.63, 3.8) is 0 Å². The number of anilines is 1. The van der Waals surface area contributed by atoms with Crippen molar-refractivity contribution in [2.45, 2.75) is 45.8 Å². The standard InChI is InChI=1S/C16H26N2O2S/c1-12(2)17-10-14-9-13(3)5-6-16(14)18(4)15-7-8-21(19,20)11-15/h5-6,9,12,15,17H,7-8,10-11H2,1-4H3. The normalized spacial score (nSPS) is 20.9. The van der Waals surface area contributed by atoms with Gasteiger partial charge >= 0.3 is 0 Å². The molecule has 21 heavy (non-hydrogen) atoms. The van der Waals surface area contributed by atoms with Crippen LogP contribution in [0.2, 0.25) is 0 Å². The van der Waals surface area contributed by atoms with Crippen LogP contribution < -0.4 is 10.2 Å². The molecule has 1 heterocycles. The number of sulfone groups is 1. The molecule has 118 valence electrons. The van der Waals surface area contributed by atoms with Gasteiger partial charge in [0.1, 0.15) is 0 Å². The van der Waals surface area contributed by atoms with Crippen LogP contribution in [0.5, 0.6) is 0 Å². The van der Waals surface area contributed by atoms with E-state index in [9.17, 15) is 8.42 Å². The largest absolute Gasteiger partial charge is 0.370 e. The van der Waals surface area contributed by atoms with Crippen molar-refractivity contribution in [3.05, 3.63) is 29.3 Å². The lowest BCUT2D eigenvalue weighted by Crippen LogP contribution is -2.34. The van der Waals surface area contributed by atoms with E-state index < -0.39 is 9.84 Å². The molecule has 0 aliphatic carbocycles. The Morgan fingerprint density at radius 3 is 2.67 bits per heavy atom. The third-order valence-corrected chi connectivity index (χ3v) is 5.82. The highest BCUT2D eigenvalue weighted by Crippen LogP contribution is 2.27. The minimum Gasteiger partial charge on any atom is -0.370 e. The van der Waals surface area contributed by atoms with Gasteiger partial charge in [-0.2, -0.15) is 0 Å². The minimum absolute atomic E-state index is 0.0931. The molecule has 4 nitrogen and oxygen atoms in total. The average molecular weight is 310 g/mol. The zero-order valence-corrected chi connectivity index (χ0v) is 14.2. The second kappa shape index (κ2) is 6.36. The molecule has 1 aliphatic rings. The molecule has 1 fully saturated rings. The molecule has 0 spiro atoms. The van der Waals surface area contributed by atoms with E-state index in [4.69, 9.17) is 0 Å². The molecule has 1 unspecified atom stereocenters. The first kappa shape index (κ1) is 16.3. The Bertz CT molecular complexity index is 596. The molecule has 1 N–H and O–H groups in total. The van der Waals surface area contributed by atoms with Crippen LogP contribution in [0.1, 0.15) is 31.4 Å². The number of aryl methyl sites for hydroxylation is 1. The summed E-state index contributed by atoms with van der Waals surface area (Å²) in [5, 5.41) is 3.45. The van der Waals surface area contributed by atoms with Gasteiger partial charge in [-0.25, -0.2) is 8.42 Å². The third kappa shape index (κ3) is 4.20. The van der Waals surface area contributed by atoms with Crippen LogP contribution in [-0.2, 0) is 16.4 Å². The maximum Gasteiger partial charge on any atom is 0.152 e. The second-order valence-electron chi connectivity index (χ2n) is 6.34. The number of rotatable bonds is 5. The molecule has 0 aromatic heterocycles. The van der Waals surface area contributed by atoms with Crippen molar-refractivity contribution in [3.8, 4) is 0 Å². The molecule has 1 atom stereocenters. The van der Waals surface area contributed by atoms with Crippen LogP contribution >= 0.6 is 0 Å². The number of nitrogens with zero attached hydrogens (tertiary/aromatic N) is 1. The Morgan fingerprint density at radius 2 is 2.10 bits per heavy atom. The topological polar surface area (TPSA) is 49.4 Å². The van der Waals surface area contributed by atoms with Gasteiger partial charge in [-0.15, -0.1) is 0 Å². The Labute approximate surface area is 128 Å². The lowest BCUT2D eigenvalue weighted by atomic mass is 10.1. The van der Waals surface area contributed by atoms with Crippen LogP contribution in [0.15, 0.2) is 18.2 Å². The second-order valence-corrected chi connectivity index (χ2v) is 8.56. The maximum atomic E-state index is 11.7. The summed E-state index contributed by atoms with van der Waals surface area (Å²) in [6.07, 6.45) is 0.726. The number of benzene rings is 1. The van der Waals surface area contributed by atoms with Crippen LogP contribution in [-0.4, -0.2) is 39.1 Å². The predicted octanol–water partition coefficient (Wildman–Crippen LogP) is 2.12. The van der Waals surface area contributed by atoms with Gasteiger partial charge in [0.15, 0.2) is 9.84 Å². The smallest absolute Gasteiger partial charge is 0.152 e. The van der Waals surface area contributed by atoms with Crippen LogP contribution in [0.3, 0.4) is 0 Å². The molecule has 0 amide bonds. The molecule has 1 saturated heterocycles. The van der Waals surface area contributed by atoms with Crippen molar-refractivity contribution in [1.82, 2.24) is 5.32 Å². The first-order chi connectivity index (χ1) is 9.78. The molecular weight excluding hydrogens is 284 g/mol. The minimum atomic E-state index is -2.85. The van der Waals surface area contributed by atoms with E-state index >= 15 is 0 Å². The van der Waals surface area contributed by atoms with Gasteiger partial charge in [-0.3, -0.25) is 0 Å². The average Bonchev–Trinajstić information content (AvgIpc) is 2.76. The summed E-state index contributed by atoms with van der Waals surface area (Å²) in [5.74, 6) is 0.585. The van der Waals surface area contributed by atoms with Gasteiger partial charge in [0.2, 0.25) is 0 Å². The highest BCUT2D eigenvalue weighted by atomic mass is 32.2. The van der Waals surface area contributed by atoms with Crippen molar-refractivity contribution < 1.29 is 8.42 Å². The molecule has 1 aromatic carbocycles. The summed E-state index contributed by atoms with van der Waals surface area (Å²) in [6.45, 7) is 7.15. The number of nitrogens with one attached hydrogen (secondary N) is 1. The van der Waals surface area contributed by atoms with E-state index in [1.165, 1.54) is 11.1 Å². The lowest BCUT2D eigenvalue weighted by molar-refractivity contribution is 0.586. The van der Waals surface area contributed by atoms with Crippen LogP contribution in [0, 0.1) is 6.92 Å². The summed E-state index contributed by atoms with van der Waals surface area (Å²) in [4.78, 5) is 2.14. The molecule has 2 rings (SSSR count). The fourth-order valence-electron chi connectivity index (χ4n) is 2.79. The molecule has 0 saturated carbocycles. The first-order valence-electron chi connectivity index (χ1n) is 7.54.